The molecule has 0 saturated heterocycles. The molecular weight excluding hydrogens is 395 g/mol. The summed E-state index contributed by atoms with van der Waals surface area (Å²) >= 11 is 18.2. The summed E-state index contributed by atoms with van der Waals surface area (Å²) in [5, 5.41) is 15.8. The molecule has 0 saturated carbocycles. The Kier molecular flexibility index (Phi) is 5.56. The van der Waals surface area contributed by atoms with E-state index in [1.807, 2.05) is 6.92 Å². The van der Waals surface area contributed by atoms with Crippen molar-refractivity contribution in [3.63, 3.8) is 0 Å². The number of aromatic nitrogens is 2. The van der Waals surface area contributed by atoms with E-state index < -0.39 is 5.97 Å². The molecule has 1 N–H and O–H groups in total. The van der Waals surface area contributed by atoms with Gasteiger partial charge in [0.1, 0.15) is 11.3 Å². The van der Waals surface area contributed by atoms with Crippen molar-refractivity contribution in [2.45, 2.75) is 19.8 Å². The molecule has 3 rings (SSSR count). The zero-order valence-corrected chi connectivity index (χ0v) is 16.1. The van der Waals surface area contributed by atoms with Gasteiger partial charge in [0.25, 0.3) is 0 Å². The molecule has 4 nitrogen and oxygen atoms in total. The van der Waals surface area contributed by atoms with Crippen molar-refractivity contribution < 1.29 is 9.90 Å². The van der Waals surface area contributed by atoms with Crippen LogP contribution in [0.5, 0.6) is 0 Å². The van der Waals surface area contributed by atoms with Crippen LogP contribution >= 0.6 is 34.8 Å². The fourth-order valence-corrected chi connectivity index (χ4v) is 3.49. The predicted octanol–water partition coefficient (Wildman–Crippen LogP) is 6.15. The predicted molar refractivity (Wildman–Crippen MR) is 105 cm³/mol. The number of halogens is 3. The lowest BCUT2D eigenvalue weighted by Crippen LogP contribution is -2.06. The quantitative estimate of drug-likeness (QED) is 0.550. The molecule has 134 valence electrons. The highest BCUT2D eigenvalue weighted by molar-refractivity contribution is 6.35. The highest BCUT2D eigenvalue weighted by Crippen LogP contribution is 2.32. The van der Waals surface area contributed by atoms with E-state index in [1.165, 1.54) is 0 Å². The summed E-state index contributed by atoms with van der Waals surface area (Å²) in [6, 6.07) is 12.0. The zero-order valence-electron chi connectivity index (χ0n) is 13.8. The average Bonchev–Trinajstić information content (AvgIpc) is 2.95. The molecule has 1 aromatic heterocycles. The van der Waals surface area contributed by atoms with Crippen LogP contribution in [0.3, 0.4) is 0 Å². The number of benzene rings is 2. The van der Waals surface area contributed by atoms with Gasteiger partial charge in [0.15, 0.2) is 0 Å². The van der Waals surface area contributed by atoms with Crippen LogP contribution in [0.25, 0.3) is 16.9 Å². The first-order valence-corrected chi connectivity index (χ1v) is 9.11. The molecule has 0 fully saturated rings. The Morgan fingerprint density at radius 2 is 1.65 bits per heavy atom. The second kappa shape index (κ2) is 7.70. The molecule has 0 atom stereocenters. The average molecular weight is 410 g/mol. The van der Waals surface area contributed by atoms with Gasteiger partial charge < -0.3 is 5.11 Å². The monoisotopic (exact) mass is 408 g/mol. The largest absolute Gasteiger partial charge is 0.478 e. The van der Waals surface area contributed by atoms with Crippen molar-refractivity contribution in [2.75, 3.05) is 0 Å². The fraction of sp³-hybridized carbons (Fsp3) is 0.158. The SMILES string of the molecule is CCCc1c(C(=O)O)c(-c2cc(Cl)cc(Cl)c2)nn1-c1ccc(Cl)cc1. The Hall–Kier alpha value is -2.01. The first-order chi connectivity index (χ1) is 12.4. The molecule has 0 aliphatic heterocycles. The van der Waals surface area contributed by atoms with Gasteiger partial charge in [-0.3, -0.25) is 0 Å². The van der Waals surface area contributed by atoms with Crippen LogP contribution in [0, 0.1) is 0 Å². The molecule has 0 aliphatic rings. The standard InChI is InChI=1S/C19H15Cl3N2O2/c1-2-3-16-17(19(25)26)18(11-8-13(21)10-14(22)9-11)23-24(16)15-6-4-12(20)5-7-15/h4-10H,2-3H2,1H3,(H,25,26). The van der Waals surface area contributed by atoms with Crippen LogP contribution in [0.1, 0.15) is 29.4 Å². The minimum atomic E-state index is -1.04. The second-order valence-corrected chi connectivity index (χ2v) is 7.08. The maximum Gasteiger partial charge on any atom is 0.339 e. The molecule has 0 bridgehead atoms. The van der Waals surface area contributed by atoms with Crippen LogP contribution in [-0.2, 0) is 6.42 Å². The Morgan fingerprint density at radius 1 is 1.04 bits per heavy atom. The topological polar surface area (TPSA) is 55.1 Å². The molecule has 0 radical (unpaired) electrons. The summed E-state index contributed by atoms with van der Waals surface area (Å²) in [6.07, 6.45) is 1.33. The number of nitrogens with zero attached hydrogens (tertiary/aromatic N) is 2. The number of aromatic carboxylic acids is 1. The van der Waals surface area contributed by atoms with E-state index in [9.17, 15) is 9.90 Å². The van der Waals surface area contributed by atoms with Crippen molar-refractivity contribution in [1.29, 1.82) is 0 Å². The van der Waals surface area contributed by atoms with Gasteiger partial charge in [-0.1, -0.05) is 48.1 Å². The Labute approximate surface area is 165 Å². The molecule has 0 spiro atoms. The third-order valence-corrected chi connectivity index (χ3v) is 4.58. The molecule has 1 heterocycles. The smallest absolute Gasteiger partial charge is 0.339 e. The number of rotatable bonds is 5. The molecule has 0 aliphatic carbocycles. The summed E-state index contributed by atoms with van der Waals surface area (Å²) in [5.74, 6) is -1.04. The van der Waals surface area contributed by atoms with Crippen LogP contribution < -0.4 is 0 Å². The number of carbonyl (C=O) groups is 1. The number of carboxylic acid groups (broad SMARTS) is 1. The van der Waals surface area contributed by atoms with Crippen molar-refractivity contribution in [2.24, 2.45) is 0 Å². The normalized spacial score (nSPS) is 10.9. The summed E-state index contributed by atoms with van der Waals surface area (Å²) in [6.45, 7) is 1.99. The Morgan fingerprint density at radius 3 is 2.19 bits per heavy atom. The van der Waals surface area contributed by atoms with Gasteiger partial charge in [-0.25, -0.2) is 9.48 Å². The van der Waals surface area contributed by atoms with E-state index in [2.05, 4.69) is 5.10 Å². The third-order valence-electron chi connectivity index (χ3n) is 3.89. The molecule has 7 heteroatoms. The second-order valence-electron chi connectivity index (χ2n) is 5.77. The molecule has 3 aromatic rings. The van der Waals surface area contributed by atoms with Crippen molar-refractivity contribution >= 4 is 40.8 Å². The number of hydrogen-bond donors (Lipinski definition) is 1. The minimum absolute atomic E-state index is 0.153. The van der Waals surface area contributed by atoms with E-state index in [0.717, 1.165) is 12.1 Å². The van der Waals surface area contributed by atoms with Gasteiger partial charge in [-0.15, -0.1) is 0 Å². The Balaban J connectivity index is 2.29. The van der Waals surface area contributed by atoms with Gasteiger partial charge in [0, 0.05) is 20.6 Å². The zero-order chi connectivity index (χ0) is 18.8. The maximum absolute atomic E-state index is 12.0. The van der Waals surface area contributed by atoms with Crippen molar-refractivity contribution in [3.8, 4) is 16.9 Å². The van der Waals surface area contributed by atoms with Crippen LogP contribution in [-0.4, -0.2) is 20.9 Å². The van der Waals surface area contributed by atoms with Crippen molar-refractivity contribution in [1.82, 2.24) is 9.78 Å². The van der Waals surface area contributed by atoms with E-state index in [0.29, 0.717) is 38.4 Å². The summed E-state index contributed by atoms with van der Waals surface area (Å²) in [5.41, 5.74) is 2.40. The maximum atomic E-state index is 12.0. The first-order valence-electron chi connectivity index (χ1n) is 7.98. The third kappa shape index (κ3) is 3.73. The van der Waals surface area contributed by atoms with E-state index in [-0.39, 0.29) is 5.56 Å². The van der Waals surface area contributed by atoms with E-state index in [4.69, 9.17) is 34.8 Å². The summed E-state index contributed by atoms with van der Waals surface area (Å²) in [4.78, 5) is 12.0. The minimum Gasteiger partial charge on any atom is -0.478 e. The molecule has 26 heavy (non-hydrogen) atoms. The van der Waals surface area contributed by atoms with Gasteiger partial charge in [-0.2, -0.15) is 5.10 Å². The van der Waals surface area contributed by atoms with E-state index >= 15 is 0 Å². The number of carboxylic acids is 1. The van der Waals surface area contributed by atoms with Crippen LogP contribution in [0.15, 0.2) is 42.5 Å². The lowest BCUT2D eigenvalue weighted by molar-refractivity contribution is 0.0696. The highest BCUT2D eigenvalue weighted by atomic mass is 35.5. The van der Waals surface area contributed by atoms with Gasteiger partial charge in [0.2, 0.25) is 0 Å². The summed E-state index contributed by atoms with van der Waals surface area (Å²) in [7, 11) is 0. The van der Waals surface area contributed by atoms with Crippen molar-refractivity contribution in [3.05, 3.63) is 68.8 Å². The lowest BCUT2D eigenvalue weighted by Gasteiger charge is -2.07. The molecule has 0 unspecified atom stereocenters. The van der Waals surface area contributed by atoms with Crippen LogP contribution in [0.4, 0.5) is 0 Å². The fourth-order valence-electron chi connectivity index (χ4n) is 2.83. The molecular formula is C19H15Cl3N2O2. The highest BCUT2D eigenvalue weighted by Gasteiger charge is 2.25. The number of hydrogen-bond acceptors (Lipinski definition) is 2. The first kappa shape index (κ1) is 18.8. The van der Waals surface area contributed by atoms with Gasteiger partial charge in [0.05, 0.1) is 11.4 Å². The molecule has 2 aromatic carbocycles. The van der Waals surface area contributed by atoms with Crippen LogP contribution in [0.2, 0.25) is 15.1 Å². The lowest BCUT2D eigenvalue weighted by atomic mass is 10.0. The summed E-state index contributed by atoms with van der Waals surface area (Å²) < 4.78 is 1.65. The Bertz CT molecular complexity index is 945. The van der Waals surface area contributed by atoms with E-state index in [1.54, 1.807) is 47.1 Å². The van der Waals surface area contributed by atoms with Gasteiger partial charge in [-0.05, 0) is 48.9 Å². The van der Waals surface area contributed by atoms with Gasteiger partial charge >= 0.3 is 5.97 Å². The molecule has 0 amide bonds.